The largest absolute Gasteiger partial charge is 0.480 e. The second kappa shape index (κ2) is 5.92. The van der Waals surface area contributed by atoms with E-state index >= 15 is 0 Å². The summed E-state index contributed by atoms with van der Waals surface area (Å²) in [6.07, 6.45) is -2.32. The van der Waals surface area contributed by atoms with E-state index in [1.807, 2.05) is 0 Å². The Balaban J connectivity index is 3.10. The van der Waals surface area contributed by atoms with Crippen LogP contribution in [0.2, 0.25) is 0 Å². The van der Waals surface area contributed by atoms with Crippen LogP contribution in [0.25, 0.3) is 0 Å². The number of carbonyl (C=O) groups is 1. The maximum absolute atomic E-state index is 12.0. The molecule has 0 atom stereocenters. The number of ether oxygens (including phenoxy) is 3. The monoisotopic (exact) mass is 248 g/mol. The summed E-state index contributed by atoms with van der Waals surface area (Å²) in [5.74, 6) is -0.403. The molecule has 0 bridgehead atoms. The summed E-state index contributed by atoms with van der Waals surface area (Å²) < 4.78 is 38.2. The van der Waals surface area contributed by atoms with Gasteiger partial charge in [-0.05, 0) is 0 Å². The minimum absolute atomic E-state index is 0.101. The Hall–Kier alpha value is -1.99. The average Bonchev–Trinajstić information content (AvgIpc) is 2.34. The van der Waals surface area contributed by atoms with Crippen molar-refractivity contribution < 1.29 is 27.8 Å². The minimum atomic E-state index is -2.68. The molecule has 1 rings (SSSR count). The predicted octanol–water partition coefficient (Wildman–Crippen LogP) is 0.950. The number of aldehydes is 1. The lowest BCUT2D eigenvalue weighted by Crippen LogP contribution is -2.11. The molecule has 0 aliphatic heterocycles. The zero-order valence-corrected chi connectivity index (χ0v) is 9.15. The highest BCUT2D eigenvalue weighted by Crippen LogP contribution is 2.25. The molecule has 0 amide bonds. The predicted molar refractivity (Wildman–Crippen MR) is 52.0 cm³/mol. The maximum atomic E-state index is 12.0. The van der Waals surface area contributed by atoms with E-state index in [1.54, 1.807) is 0 Å². The van der Waals surface area contributed by atoms with Gasteiger partial charge in [0.05, 0.1) is 14.2 Å². The van der Waals surface area contributed by atoms with E-state index < -0.39 is 13.0 Å². The Morgan fingerprint density at radius 2 is 1.88 bits per heavy atom. The Labute approximate surface area is 95.5 Å². The number of alkyl halides is 2. The first-order valence-corrected chi connectivity index (χ1v) is 4.48. The molecular formula is C9H10F2N2O4. The summed E-state index contributed by atoms with van der Waals surface area (Å²) in [6, 6.07) is -0.142. The van der Waals surface area contributed by atoms with Crippen LogP contribution in [-0.2, 0) is 0 Å². The van der Waals surface area contributed by atoms with Crippen LogP contribution in [-0.4, -0.2) is 43.5 Å². The lowest BCUT2D eigenvalue weighted by molar-refractivity contribution is 0.0777. The molecule has 6 nitrogen and oxygen atoms in total. The number of carbonyl (C=O) groups excluding carboxylic acids is 1. The molecule has 0 N–H and O–H groups in total. The molecule has 0 aliphatic carbocycles. The van der Waals surface area contributed by atoms with Gasteiger partial charge in [-0.25, -0.2) is 8.78 Å². The molecule has 1 aromatic heterocycles. The molecule has 0 radical (unpaired) electrons. The highest BCUT2D eigenvalue weighted by molar-refractivity contribution is 5.81. The molecule has 0 saturated carbocycles. The van der Waals surface area contributed by atoms with Crippen molar-refractivity contribution in [3.05, 3.63) is 5.56 Å². The fourth-order valence-corrected chi connectivity index (χ4v) is 1.01. The van der Waals surface area contributed by atoms with Crippen molar-refractivity contribution in [3.63, 3.8) is 0 Å². The van der Waals surface area contributed by atoms with Gasteiger partial charge in [-0.15, -0.1) is 0 Å². The number of nitrogens with zero attached hydrogens (tertiary/aromatic N) is 2. The summed E-state index contributed by atoms with van der Waals surface area (Å²) >= 11 is 0. The smallest absolute Gasteiger partial charge is 0.322 e. The van der Waals surface area contributed by atoms with Crippen molar-refractivity contribution in [2.75, 3.05) is 20.8 Å². The van der Waals surface area contributed by atoms with E-state index in [0.29, 0.717) is 6.29 Å². The van der Waals surface area contributed by atoms with Crippen LogP contribution in [0.15, 0.2) is 0 Å². The number of hydrogen-bond acceptors (Lipinski definition) is 6. The number of rotatable bonds is 6. The molecule has 8 heteroatoms. The van der Waals surface area contributed by atoms with Crippen LogP contribution < -0.4 is 14.2 Å². The lowest BCUT2D eigenvalue weighted by atomic mass is 10.3. The SMILES string of the molecule is COc1nc(OC)c(C=O)c(OCC(F)F)n1. The molecule has 1 aromatic rings. The molecule has 94 valence electrons. The van der Waals surface area contributed by atoms with Crippen LogP contribution in [0.5, 0.6) is 17.8 Å². The zero-order valence-electron chi connectivity index (χ0n) is 9.15. The van der Waals surface area contributed by atoms with E-state index in [9.17, 15) is 13.6 Å². The number of aromatic nitrogens is 2. The first kappa shape index (κ1) is 13.1. The van der Waals surface area contributed by atoms with E-state index in [2.05, 4.69) is 14.7 Å². The third-order valence-corrected chi connectivity index (χ3v) is 1.70. The first-order chi connectivity index (χ1) is 8.12. The number of hydrogen-bond donors (Lipinski definition) is 0. The van der Waals surface area contributed by atoms with Gasteiger partial charge in [-0.2, -0.15) is 9.97 Å². The van der Waals surface area contributed by atoms with Gasteiger partial charge < -0.3 is 14.2 Å². The van der Waals surface area contributed by atoms with Gasteiger partial charge in [0.25, 0.3) is 6.43 Å². The van der Waals surface area contributed by atoms with Crippen LogP contribution in [0, 0.1) is 0 Å². The fourth-order valence-electron chi connectivity index (χ4n) is 1.01. The van der Waals surface area contributed by atoms with Crippen LogP contribution in [0.3, 0.4) is 0 Å². The average molecular weight is 248 g/mol. The van der Waals surface area contributed by atoms with Crippen molar-refractivity contribution in [3.8, 4) is 17.8 Å². The Morgan fingerprint density at radius 1 is 1.24 bits per heavy atom. The molecule has 0 spiro atoms. The molecule has 0 aromatic carbocycles. The van der Waals surface area contributed by atoms with Gasteiger partial charge in [0, 0.05) is 0 Å². The number of halogens is 2. The van der Waals surface area contributed by atoms with Crippen LogP contribution in [0.4, 0.5) is 8.78 Å². The second-order valence-electron chi connectivity index (χ2n) is 2.76. The van der Waals surface area contributed by atoms with Crippen molar-refractivity contribution >= 4 is 6.29 Å². The molecule has 0 aliphatic rings. The van der Waals surface area contributed by atoms with E-state index in [4.69, 9.17) is 9.47 Å². The molecule has 1 heterocycles. The fraction of sp³-hybridized carbons (Fsp3) is 0.444. The quantitative estimate of drug-likeness (QED) is 0.698. The summed E-state index contributed by atoms with van der Waals surface area (Å²) in [4.78, 5) is 18.1. The van der Waals surface area contributed by atoms with Crippen molar-refractivity contribution in [1.29, 1.82) is 0 Å². The normalized spacial score (nSPS) is 10.2. The Morgan fingerprint density at radius 3 is 2.35 bits per heavy atom. The van der Waals surface area contributed by atoms with Crippen LogP contribution >= 0.6 is 0 Å². The molecule has 0 saturated heterocycles. The Kier molecular flexibility index (Phi) is 4.56. The summed E-state index contributed by atoms with van der Waals surface area (Å²) in [7, 11) is 2.55. The molecular weight excluding hydrogens is 238 g/mol. The van der Waals surface area contributed by atoms with Gasteiger partial charge in [0.1, 0.15) is 5.56 Å². The van der Waals surface area contributed by atoms with E-state index in [1.165, 1.54) is 14.2 Å². The first-order valence-electron chi connectivity index (χ1n) is 4.48. The minimum Gasteiger partial charge on any atom is -0.480 e. The van der Waals surface area contributed by atoms with Gasteiger partial charge in [0.15, 0.2) is 12.9 Å². The lowest BCUT2D eigenvalue weighted by Gasteiger charge is -2.10. The standard InChI is InChI=1S/C9H10F2N2O4/c1-15-7-5(3-14)8(17-4-6(10)11)13-9(12-7)16-2/h3,6H,4H2,1-2H3. The van der Waals surface area contributed by atoms with Crippen molar-refractivity contribution in [2.45, 2.75) is 6.43 Å². The van der Waals surface area contributed by atoms with Crippen LogP contribution in [0.1, 0.15) is 10.4 Å². The van der Waals surface area contributed by atoms with Gasteiger partial charge in [0.2, 0.25) is 11.8 Å². The van der Waals surface area contributed by atoms with E-state index in [-0.39, 0.29) is 23.3 Å². The van der Waals surface area contributed by atoms with Gasteiger partial charge in [-0.1, -0.05) is 0 Å². The summed E-state index contributed by atoms with van der Waals surface area (Å²) in [5, 5.41) is 0. The summed E-state index contributed by atoms with van der Waals surface area (Å²) in [6.45, 7) is -0.885. The van der Waals surface area contributed by atoms with E-state index in [0.717, 1.165) is 0 Å². The topological polar surface area (TPSA) is 70.5 Å². The molecule has 0 unspecified atom stereocenters. The zero-order chi connectivity index (χ0) is 12.8. The Bertz CT molecular complexity index is 401. The summed E-state index contributed by atoms with van der Waals surface area (Å²) in [5.41, 5.74) is -0.144. The van der Waals surface area contributed by atoms with Crippen molar-refractivity contribution in [1.82, 2.24) is 9.97 Å². The highest BCUT2D eigenvalue weighted by atomic mass is 19.3. The molecule has 0 fully saturated rings. The third-order valence-electron chi connectivity index (χ3n) is 1.70. The van der Waals surface area contributed by atoms with Crippen molar-refractivity contribution in [2.24, 2.45) is 0 Å². The van der Waals surface area contributed by atoms with Gasteiger partial charge in [-0.3, -0.25) is 4.79 Å². The number of methoxy groups -OCH3 is 2. The third kappa shape index (κ3) is 3.23. The molecule has 17 heavy (non-hydrogen) atoms. The maximum Gasteiger partial charge on any atom is 0.322 e. The highest BCUT2D eigenvalue weighted by Gasteiger charge is 2.17. The second-order valence-corrected chi connectivity index (χ2v) is 2.76. The van der Waals surface area contributed by atoms with Gasteiger partial charge >= 0.3 is 6.01 Å².